The Morgan fingerprint density at radius 2 is 2.11 bits per heavy atom. The molecule has 2 rings (SSSR count). The van der Waals surface area contributed by atoms with Crippen molar-refractivity contribution in [2.75, 3.05) is 18.0 Å². The number of pyridine rings is 1. The number of hydrogen-bond acceptors (Lipinski definition) is 3. The predicted molar refractivity (Wildman–Crippen MR) is 67.8 cm³/mol. The van der Waals surface area contributed by atoms with Gasteiger partial charge in [0.25, 0.3) is 0 Å². The first kappa shape index (κ1) is 13.9. The van der Waals surface area contributed by atoms with Crippen LogP contribution in [-0.2, 0) is 0 Å². The second-order valence-corrected chi connectivity index (χ2v) is 4.65. The highest BCUT2D eigenvalue weighted by Gasteiger charge is 2.34. The Kier molecular flexibility index (Phi) is 3.80. The van der Waals surface area contributed by atoms with Crippen LogP contribution in [0.1, 0.15) is 25.1 Å². The van der Waals surface area contributed by atoms with Crippen LogP contribution >= 0.6 is 0 Å². The molecule has 1 atom stereocenters. The Morgan fingerprint density at radius 3 is 2.53 bits per heavy atom. The quantitative estimate of drug-likeness (QED) is 0.841. The molecule has 19 heavy (non-hydrogen) atoms. The van der Waals surface area contributed by atoms with Crippen LogP contribution in [0, 0.1) is 0 Å². The standard InChI is InChI=1S/C13H16F3N3/c1-9(17)12-3-2-11(8-18-12)19-6-4-10(5-7-19)13(14,15)16/h2-4,8-9H,5-7,17H2,1H3/t9-/m1/s1. The molecule has 2 N–H and O–H groups in total. The molecule has 0 spiro atoms. The minimum Gasteiger partial charge on any atom is -0.366 e. The van der Waals surface area contributed by atoms with E-state index >= 15 is 0 Å². The second-order valence-electron chi connectivity index (χ2n) is 4.65. The Bertz CT molecular complexity index is 463. The molecule has 104 valence electrons. The maximum Gasteiger partial charge on any atom is 0.412 e. The molecule has 0 saturated heterocycles. The summed E-state index contributed by atoms with van der Waals surface area (Å²) in [6.45, 7) is 2.44. The maximum absolute atomic E-state index is 12.5. The van der Waals surface area contributed by atoms with E-state index in [-0.39, 0.29) is 19.0 Å². The first-order valence-electron chi connectivity index (χ1n) is 6.10. The lowest BCUT2D eigenvalue weighted by Crippen LogP contribution is -2.31. The first-order chi connectivity index (χ1) is 8.88. The fourth-order valence-corrected chi connectivity index (χ4v) is 2.02. The van der Waals surface area contributed by atoms with E-state index in [1.54, 1.807) is 6.20 Å². The summed E-state index contributed by atoms with van der Waals surface area (Å²) in [5.74, 6) is 0. The van der Waals surface area contributed by atoms with Crippen molar-refractivity contribution in [1.82, 2.24) is 4.98 Å². The molecule has 0 bridgehead atoms. The van der Waals surface area contributed by atoms with Gasteiger partial charge in [-0.2, -0.15) is 13.2 Å². The van der Waals surface area contributed by atoms with Gasteiger partial charge in [-0.3, -0.25) is 4.98 Å². The van der Waals surface area contributed by atoms with Crippen LogP contribution in [0.2, 0.25) is 0 Å². The Balaban J connectivity index is 2.07. The molecule has 3 nitrogen and oxygen atoms in total. The average molecular weight is 271 g/mol. The van der Waals surface area contributed by atoms with E-state index in [2.05, 4.69) is 4.98 Å². The van der Waals surface area contributed by atoms with Gasteiger partial charge in [0.2, 0.25) is 0 Å². The van der Waals surface area contributed by atoms with E-state index in [4.69, 9.17) is 5.73 Å². The van der Waals surface area contributed by atoms with Crippen LogP contribution in [0.5, 0.6) is 0 Å². The molecule has 0 aliphatic carbocycles. The first-order valence-corrected chi connectivity index (χ1v) is 6.10. The van der Waals surface area contributed by atoms with E-state index in [0.29, 0.717) is 6.54 Å². The molecule has 6 heteroatoms. The molecule has 0 saturated carbocycles. The molecular formula is C13H16F3N3. The van der Waals surface area contributed by atoms with Gasteiger partial charge in [0.15, 0.2) is 0 Å². The lowest BCUT2D eigenvalue weighted by Gasteiger charge is -2.29. The molecule has 0 radical (unpaired) electrons. The fourth-order valence-electron chi connectivity index (χ4n) is 2.02. The van der Waals surface area contributed by atoms with Gasteiger partial charge in [-0.05, 0) is 25.5 Å². The molecule has 0 amide bonds. The third kappa shape index (κ3) is 3.26. The van der Waals surface area contributed by atoms with Gasteiger partial charge in [-0.15, -0.1) is 0 Å². The molecule has 0 fully saturated rings. The van der Waals surface area contributed by atoms with Crippen LogP contribution < -0.4 is 10.6 Å². The summed E-state index contributed by atoms with van der Waals surface area (Å²) >= 11 is 0. The van der Waals surface area contributed by atoms with Gasteiger partial charge in [-0.25, -0.2) is 0 Å². The fraction of sp³-hybridized carbons (Fsp3) is 0.462. The van der Waals surface area contributed by atoms with Crippen LogP contribution in [0.4, 0.5) is 18.9 Å². The lowest BCUT2D eigenvalue weighted by molar-refractivity contribution is -0.0943. The van der Waals surface area contributed by atoms with Gasteiger partial charge in [-0.1, -0.05) is 6.08 Å². The third-order valence-electron chi connectivity index (χ3n) is 3.18. The Hall–Kier alpha value is -1.56. The van der Waals surface area contributed by atoms with Crippen molar-refractivity contribution in [2.24, 2.45) is 5.73 Å². The summed E-state index contributed by atoms with van der Waals surface area (Å²) in [7, 11) is 0. The molecule has 1 aliphatic rings. The summed E-state index contributed by atoms with van der Waals surface area (Å²) in [4.78, 5) is 6.08. The lowest BCUT2D eigenvalue weighted by atomic mass is 10.1. The van der Waals surface area contributed by atoms with E-state index in [1.165, 1.54) is 6.08 Å². The summed E-state index contributed by atoms with van der Waals surface area (Å²) in [5, 5.41) is 0. The minimum absolute atomic E-state index is 0.0124. The number of nitrogens with two attached hydrogens (primary N) is 1. The van der Waals surface area contributed by atoms with Gasteiger partial charge >= 0.3 is 6.18 Å². The average Bonchev–Trinajstić information content (AvgIpc) is 2.38. The number of halogens is 3. The van der Waals surface area contributed by atoms with Gasteiger partial charge in [0, 0.05) is 24.7 Å². The van der Waals surface area contributed by atoms with Crippen molar-refractivity contribution < 1.29 is 13.2 Å². The predicted octanol–water partition coefficient (Wildman–Crippen LogP) is 2.80. The zero-order valence-electron chi connectivity index (χ0n) is 10.6. The number of rotatable bonds is 2. The van der Waals surface area contributed by atoms with Gasteiger partial charge in [0.1, 0.15) is 0 Å². The SMILES string of the molecule is C[C@@H](N)c1ccc(N2CC=C(C(F)(F)F)CC2)cn1. The van der Waals surface area contributed by atoms with Crippen molar-refractivity contribution in [3.8, 4) is 0 Å². The van der Waals surface area contributed by atoms with Crippen molar-refractivity contribution in [2.45, 2.75) is 25.6 Å². The molecule has 1 aliphatic heterocycles. The van der Waals surface area contributed by atoms with Crippen molar-refractivity contribution >= 4 is 5.69 Å². The topological polar surface area (TPSA) is 42.1 Å². The number of hydrogen-bond donors (Lipinski definition) is 1. The van der Waals surface area contributed by atoms with Gasteiger partial charge < -0.3 is 10.6 Å². The largest absolute Gasteiger partial charge is 0.412 e. The second kappa shape index (κ2) is 5.21. The van der Waals surface area contributed by atoms with Crippen molar-refractivity contribution in [3.63, 3.8) is 0 Å². The highest BCUT2D eigenvalue weighted by Crippen LogP contribution is 2.31. The van der Waals surface area contributed by atoms with Crippen LogP contribution in [0.25, 0.3) is 0 Å². The van der Waals surface area contributed by atoms with E-state index in [1.807, 2.05) is 24.0 Å². The molecule has 1 aromatic heterocycles. The van der Waals surface area contributed by atoms with Crippen LogP contribution in [0.3, 0.4) is 0 Å². The molecule has 1 aromatic rings. The van der Waals surface area contributed by atoms with Gasteiger partial charge in [0.05, 0.1) is 17.6 Å². The number of aromatic nitrogens is 1. The Labute approximate surface area is 109 Å². The van der Waals surface area contributed by atoms with E-state index in [0.717, 1.165) is 11.4 Å². The zero-order valence-corrected chi connectivity index (χ0v) is 10.6. The summed E-state index contributed by atoms with van der Waals surface area (Å²) in [5.41, 5.74) is 6.85. The van der Waals surface area contributed by atoms with E-state index < -0.39 is 11.7 Å². The van der Waals surface area contributed by atoms with Crippen LogP contribution in [-0.4, -0.2) is 24.2 Å². The number of nitrogens with zero attached hydrogens (tertiary/aromatic N) is 2. The third-order valence-corrected chi connectivity index (χ3v) is 3.18. The highest BCUT2D eigenvalue weighted by molar-refractivity contribution is 5.47. The number of anilines is 1. The smallest absolute Gasteiger partial charge is 0.366 e. The molecule has 0 aromatic carbocycles. The molecule has 2 heterocycles. The maximum atomic E-state index is 12.5. The number of alkyl halides is 3. The minimum atomic E-state index is -4.21. The molecule has 0 unspecified atom stereocenters. The van der Waals surface area contributed by atoms with Crippen molar-refractivity contribution in [1.29, 1.82) is 0 Å². The summed E-state index contributed by atoms with van der Waals surface area (Å²) in [6.07, 6.45) is -1.30. The van der Waals surface area contributed by atoms with E-state index in [9.17, 15) is 13.2 Å². The normalized spacial score (nSPS) is 18.2. The molecular weight excluding hydrogens is 255 g/mol. The zero-order chi connectivity index (χ0) is 14.0. The summed E-state index contributed by atoms with van der Waals surface area (Å²) < 4.78 is 37.5. The van der Waals surface area contributed by atoms with Crippen LogP contribution in [0.15, 0.2) is 30.0 Å². The monoisotopic (exact) mass is 271 g/mol. The summed E-state index contributed by atoms with van der Waals surface area (Å²) in [6, 6.07) is 3.51. The highest BCUT2D eigenvalue weighted by atomic mass is 19.4. The Morgan fingerprint density at radius 1 is 1.37 bits per heavy atom. The van der Waals surface area contributed by atoms with Crippen molar-refractivity contribution in [3.05, 3.63) is 35.7 Å².